The number of rotatable bonds is 6. The predicted molar refractivity (Wildman–Crippen MR) is 139 cm³/mol. The van der Waals surface area contributed by atoms with Crippen LogP contribution in [-0.2, 0) is 21.9 Å². The van der Waals surface area contributed by atoms with Gasteiger partial charge in [-0.2, -0.15) is 26.3 Å². The molecule has 1 aliphatic heterocycles. The molecule has 3 amide bonds. The van der Waals surface area contributed by atoms with E-state index in [-0.39, 0.29) is 35.4 Å². The van der Waals surface area contributed by atoms with Crippen molar-refractivity contribution in [2.45, 2.75) is 75.5 Å². The van der Waals surface area contributed by atoms with Crippen molar-refractivity contribution in [3.8, 4) is 0 Å². The van der Waals surface area contributed by atoms with E-state index >= 15 is 0 Å². The van der Waals surface area contributed by atoms with Gasteiger partial charge >= 0.3 is 18.4 Å². The second kappa shape index (κ2) is 12.3. The predicted octanol–water partition coefficient (Wildman–Crippen LogP) is 6.41. The van der Waals surface area contributed by atoms with Gasteiger partial charge in [-0.3, -0.25) is 4.79 Å². The molecule has 12 heteroatoms. The number of nitrogens with one attached hydrogen (secondary N) is 1. The maximum Gasteiger partial charge on any atom is 0.416 e. The summed E-state index contributed by atoms with van der Waals surface area (Å²) < 4.78 is 86.7. The molecule has 1 saturated carbocycles. The highest BCUT2D eigenvalue weighted by Crippen LogP contribution is 2.40. The van der Waals surface area contributed by atoms with Crippen molar-refractivity contribution in [3.63, 3.8) is 0 Å². The van der Waals surface area contributed by atoms with E-state index in [1.807, 2.05) is 30.3 Å². The van der Waals surface area contributed by atoms with Gasteiger partial charge in [0.25, 0.3) is 0 Å². The monoisotopic (exact) mass is 585 g/mol. The smallest absolute Gasteiger partial charge is 0.370 e. The summed E-state index contributed by atoms with van der Waals surface area (Å²) in [5.74, 6) is -0.556. The van der Waals surface area contributed by atoms with Crippen LogP contribution in [0.2, 0.25) is 0 Å². The molecule has 224 valence electrons. The van der Waals surface area contributed by atoms with Crippen LogP contribution in [0.5, 0.6) is 0 Å². The van der Waals surface area contributed by atoms with Gasteiger partial charge in [-0.05, 0) is 68.4 Å². The molecule has 2 fully saturated rings. The fourth-order valence-electron chi connectivity index (χ4n) is 5.81. The first kappa shape index (κ1) is 30.7. The molecule has 2 aromatic carbocycles. The number of piperidine rings is 1. The number of primary amides is 1. The highest BCUT2D eigenvalue weighted by Gasteiger charge is 2.40. The van der Waals surface area contributed by atoms with Gasteiger partial charge in [0.2, 0.25) is 5.91 Å². The number of amides is 3. The zero-order valence-corrected chi connectivity index (χ0v) is 22.5. The fourth-order valence-corrected chi connectivity index (χ4v) is 5.81. The first-order chi connectivity index (χ1) is 19.2. The first-order valence-corrected chi connectivity index (χ1v) is 13.6. The minimum absolute atomic E-state index is 0.0114. The van der Waals surface area contributed by atoms with Crippen LogP contribution in [0.4, 0.5) is 31.1 Å². The molecular formula is C29H33F6N3O3. The molecule has 0 unspecified atom stereocenters. The number of halogens is 6. The Kier molecular flexibility index (Phi) is 9.20. The van der Waals surface area contributed by atoms with Gasteiger partial charge in [0, 0.05) is 31.0 Å². The first-order valence-electron chi connectivity index (χ1n) is 13.6. The van der Waals surface area contributed by atoms with Crippen molar-refractivity contribution in [3.05, 3.63) is 70.8 Å². The Balaban J connectivity index is 1.51. The molecule has 3 atom stereocenters. The van der Waals surface area contributed by atoms with Crippen LogP contribution in [0.1, 0.15) is 73.3 Å². The van der Waals surface area contributed by atoms with E-state index in [0.29, 0.717) is 57.3 Å². The Morgan fingerprint density at radius 1 is 0.927 bits per heavy atom. The number of alkyl halides is 6. The number of nitrogens with two attached hydrogens (primary N) is 1. The molecule has 0 bridgehead atoms. The molecule has 4 rings (SSSR count). The topological polar surface area (TPSA) is 84.7 Å². The van der Waals surface area contributed by atoms with E-state index in [1.54, 1.807) is 4.90 Å². The molecule has 2 aliphatic rings. The fraction of sp³-hybridized carbons (Fsp3) is 0.517. The molecule has 1 saturated heterocycles. The number of carbonyl (C=O) groups is 2. The molecule has 0 spiro atoms. The van der Waals surface area contributed by atoms with E-state index in [1.165, 1.54) is 6.92 Å². The van der Waals surface area contributed by atoms with Crippen molar-refractivity contribution in [1.29, 1.82) is 0 Å². The van der Waals surface area contributed by atoms with Crippen molar-refractivity contribution in [2.75, 3.05) is 13.1 Å². The van der Waals surface area contributed by atoms with Gasteiger partial charge in [-0.1, -0.05) is 30.3 Å². The van der Waals surface area contributed by atoms with Gasteiger partial charge in [-0.15, -0.1) is 0 Å². The van der Waals surface area contributed by atoms with E-state index < -0.39 is 41.7 Å². The number of ether oxygens (including phenoxy) is 1. The third-order valence-electron chi connectivity index (χ3n) is 7.97. The van der Waals surface area contributed by atoms with Crippen molar-refractivity contribution in [1.82, 2.24) is 10.2 Å². The number of nitrogens with zero attached hydrogens (tertiary/aromatic N) is 1. The molecular weight excluding hydrogens is 552 g/mol. The normalized spacial score (nSPS) is 24.5. The van der Waals surface area contributed by atoms with Gasteiger partial charge in [0.15, 0.2) is 0 Å². The van der Waals surface area contributed by atoms with Crippen molar-refractivity contribution in [2.24, 2.45) is 11.7 Å². The van der Waals surface area contributed by atoms with Crippen molar-refractivity contribution >= 4 is 11.9 Å². The standard InChI is InChI=1S/C29H33F6N3O3/c1-17(20-13-21(28(30,31)32)15-22(14-20)29(33,34)35)41-25-11-12-38(16-24(25)18-5-3-2-4-6-18)26(39)19-7-9-23(10-8-19)37-27(36)40/h2-6,13-15,17,19,23-25H,7-12,16H2,1H3,(H3,36,37,40)/t17-,19?,23?,24+,25+/m1/s1. The maximum atomic E-state index is 13.4. The summed E-state index contributed by atoms with van der Waals surface area (Å²) in [6, 6.07) is 10.0. The number of urea groups is 1. The Labute approximate surface area is 234 Å². The number of hydrogen-bond donors (Lipinski definition) is 2. The lowest BCUT2D eigenvalue weighted by Crippen LogP contribution is -2.49. The number of carbonyl (C=O) groups excluding carboxylic acids is 2. The van der Waals surface area contributed by atoms with Crippen LogP contribution in [0, 0.1) is 5.92 Å². The summed E-state index contributed by atoms with van der Waals surface area (Å²) in [6.45, 7) is 2.08. The number of likely N-dealkylation sites (tertiary alicyclic amines) is 1. The molecule has 1 aliphatic carbocycles. The van der Waals surface area contributed by atoms with Gasteiger partial charge < -0.3 is 20.7 Å². The summed E-state index contributed by atoms with van der Waals surface area (Å²) in [6.07, 6.45) is -8.69. The Morgan fingerprint density at radius 3 is 2.05 bits per heavy atom. The average molecular weight is 586 g/mol. The quantitative estimate of drug-likeness (QED) is 0.384. The van der Waals surface area contributed by atoms with Crippen LogP contribution >= 0.6 is 0 Å². The number of hydrogen-bond acceptors (Lipinski definition) is 3. The van der Waals surface area contributed by atoms with Crippen molar-refractivity contribution < 1.29 is 40.7 Å². The van der Waals surface area contributed by atoms with E-state index in [0.717, 1.165) is 5.56 Å². The highest BCUT2D eigenvalue weighted by atomic mass is 19.4. The lowest BCUT2D eigenvalue weighted by atomic mass is 9.83. The second-order valence-electron chi connectivity index (χ2n) is 10.8. The molecule has 0 aromatic heterocycles. The van der Waals surface area contributed by atoms with Gasteiger partial charge in [0.05, 0.1) is 23.3 Å². The summed E-state index contributed by atoms with van der Waals surface area (Å²) >= 11 is 0. The highest BCUT2D eigenvalue weighted by molar-refractivity contribution is 5.79. The summed E-state index contributed by atoms with van der Waals surface area (Å²) in [5, 5.41) is 2.68. The lowest BCUT2D eigenvalue weighted by molar-refractivity contribution is -0.143. The largest absolute Gasteiger partial charge is 0.416 e. The van der Waals surface area contributed by atoms with Crippen LogP contribution in [-0.4, -0.2) is 42.1 Å². The van der Waals surface area contributed by atoms with Crippen LogP contribution in [0.15, 0.2) is 48.5 Å². The van der Waals surface area contributed by atoms with Gasteiger partial charge in [-0.25, -0.2) is 4.79 Å². The second-order valence-corrected chi connectivity index (χ2v) is 10.8. The molecule has 1 heterocycles. The number of benzene rings is 2. The van der Waals surface area contributed by atoms with Crippen LogP contribution in [0.25, 0.3) is 0 Å². The zero-order chi connectivity index (χ0) is 29.9. The minimum atomic E-state index is -4.96. The Hall–Kier alpha value is -3.28. The molecule has 6 nitrogen and oxygen atoms in total. The molecule has 2 aromatic rings. The third kappa shape index (κ3) is 7.72. The van der Waals surface area contributed by atoms with Crippen LogP contribution in [0.3, 0.4) is 0 Å². The van der Waals surface area contributed by atoms with E-state index in [4.69, 9.17) is 10.5 Å². The molecule has 0 radical (unpaired) electrons. The lowest BCUT2D eigenvalue weighted by Gasteiger charge is -2.41. The summed E-state index contributed by atoms with van der Waals surface area (Å²) in [5.41, 5.74) is 3.06. The minimum Gasteiger partial charge on any atom is -0.370 e. The maximum absolute atomic E-state index is 13.4. The summed E-state index contributed by atoms with van der Waals surface area (Å²) in [7, 11) is 0. The van der Waals surface area contributed by atoms with Crippen LogP contribution < -0.4 is 11.1 Å². The van der Waals surface area contributed by atoms with E-state index in [2.05, 4.69) is 5.32 Å². The Bertz CT molecular complexity index is 1180. The molecule has 41 heavy (non-hydrogen) atoms. The third-order valence-corrected chi connectivity index (χ3v) is 7.97. The van der Waals surface area contributed by atoms with E-state index in [9.17, 15) is 35.9 Å². The van der Waals surface area contributed by atoms with Gasteiger partial charge in [0.1, 0.15) is 0 Å². The SMILES string of the molecule is C[C@@H](O[C@H]1CCN(C(=O)C2CCC(NC(N)=O)CC2)C[C@H]1c1ccccc1)c1cc(C(F)(F)F)cc(C(F)(F)F)c1. The Morgan fingerprint density at radius 2 is 1.51 bits per heavy atom. The summed E-state index contributed by atoms with van der Waals surface area (Å²) in [4.78, 5) is 26.3. The average Bonchev–Trinajstić information content (AvgIpc) is 2.92. The zero-order valence-electron chi connectivity index (χ0n) is 22.5. The molecule has 3 N–H and O–H groups in total.